The van der Waals surface area contributed by atoms with Crippen molar-refractivity contribution in [1.82, 2.24) is 5.32 Å². The second-order valence-corrected chi connectivity index (χ2v) is 2.87. The van der Waals surface area contributed by atoms with E-state index >= 15 is 0 Å². The van der Waals surface area contributed by atoms with Crippen LogP contribution in [0.3, 0.4) is 0 Å². The van der Waals surface area contributed by atoms with Crippen molar-refractivity contribution in [3.05, 3.63) is 24.3 Å². The summed E-state index contributed by atoms with van der Waals surface area (Å²) >= 11 is 0. The van der Waals surface area contributed by atoms with Crippen LogP contribution in [-0.4, -0.2) is 19.0 Å². The van der Waals surface area contributed by atoms with Gasteiger partial charge in [-0.25, -0.2) is 4.79 Å². The Balaban J connectivity index is 2.63. The van der Waals surface area contributed by atoms with Crippen molar-refractivity contribution < 1.29 is 14.3 Å². The summed E-state index contributed by atoms with van der Waals surface area (Å²) in [4.78, 5) is 21.7. The van der Waals surface area contributed by atoms with Crippen LogP contribution in [0, 0.1) is 0 Å². The predicted molar refractivity (Wildman–Crippen MR) is 55.8 cm³/mol. The molecule has 2 N–H and O–H groups in total. The molecule has 80 valence electrons. The monoisotopic (exact) mass is 208 g/mol. The van der Waals surface area contributed by atoms with Crippen LogP contribution in [0.1, 0.15) is 6.92 Å². The molecule has 0 fully saturated rings. The van der Waals surface area contributed by atoms with Gasteiger partial charge in [-0.05, 0) is 12.1 Å². The Kier molecular flexibility index (Phi) is 3.68. The summed E-state index contributed by atoms with van der Waals surface area (Å²) in [5.41, 5.74) is 0.563. The van der Waals surface area contributed by atoms with E-state index in [-0.39, 0.29) is 0 Å². The van der Waals surface area contributed by atoms with E-state index in [1.54, 1.807) is 24.3 Å². The van der Waals surface area contributed by atoms with Crippen LogP contribution >= 0.6 is 0 Å². The molecule has 0 atom stereocenters. The van der Waals surface area contributed by atoms with E-state index in [1.165, 1.54) is 14.0 Å². The third-order valence-electron chi connectivity index (χ3n) is 1.62. The second-order valence-electron chi connectivity index (χ2n) is 2.87. The summed E-state index contributed by atoms with van der Waals surface area (Å²) in [6.07, 6.45) is 0. The number of benzene rings is 1. The lowest BCUT2D eigenvalue weighted by Crippen LogP contribution is -2.32. The third-order valence-corrected chi connectivity index (χ3v) is 1.62. The first-order valence-corrected chi connectivity index (χ1v) is 4.34. The third kappa shape index (κ3) is 3.68. The highest BCUT2D eigenvalue weighted by Crippen LogP contribution is 2.16. The zero-order valence-electron chi connectivity index (χ0n) is 8.53. The summed E-state index contributed by atoms with van der Waals surface area (Å²) in [6, 6.07) is 6.29. The summed E-state index contributed by atoms with van der Waals surface area (Å²) < 4.78 is 4.98. The van der Waals surface area contributed by atoms with Crippen LogP contribution in [0.4, 0.5) is 10.5 Å². The molecule has 15 heavy (non-hydrogen) atoms. The van der Waals surface area contributed by atoms with Crippen molar-refractivity contribution in [2.45, 2.75) is 6.92 Å². The molecular weight excluding hydrogens is 196 g/mol. The van der Waals surface area contributed by atoms with E-state index in [0.29, 0.717) is 11.4 Å². The van der Waals surface area contributed by atoms with Crippen molar-refractivity contribution in [2.24, 2.45) is 0 Å². The van der Waals surface area contributed by atoms with Crippen LogP contribution < -0.4 is 15.4 Å². The highest BCUT2D eigenvalue weighted by molar-refractivity contribution is 6.00. The van der Waals surface area contributed by atoms with E-state index < -0.39 is 11.9 Å². The number of urea groups is 1. The standard InChI is InChI=1S/C10H12N2O3/c1-7(13)11-10(14)12-8-4-3-5-9(6-8)15-2/h3-6H,1-2H3,(H2,11,12,13,14). The Bertz CT molecular complexity index is 377. The van der Waals surface area contributed by atoms with Gasteiger partial charge in [0.15, 0.2) is 0 Å². The molecule has 0 spiro atoms. The van der Waals surface area contributed by atoms with Crippen molar-refractivity contribution in [3.8, 4) is 5.75 Å². The normalized spacial score (nSPS) is 9.20. The average Bonchev–Trinajstić information content (AvgIpc) is 2.16. The lowest BCUT2D eigenvalue weighted by molar-refractivity contribution is -0.117. The number of rotatable bonds is 2. The second kappa shape index (κ2) is 4.99. The number of hydrogen-bond acceptors (Lipinski definition) is 3. The van der Waals surface area contributed by atoms with Gasteiger partial charge < -0.3 is 10.1 Å². The SMILES string of the molecule is COc1cccc(NC(=O)NC(C)=O)c1. The maximum Gasteiger partial charge on any atom is 0.325 e. The number of anilines is 1. The molecule has 0 aliphatic rings. The van der Waals surface area contributed by atoms with E-state index in [4.69, 9.17) is 4.74 Å². The number of carbonyl (C=O) groups excluding carboxylic acids is 2. The van der Waals surface area contributed by atoms with E-state index in [9.17, 15) is 9.59 Å². The molecule has 3 amide bonds. The van der Waals surface area contributed by atoms with Crippen LogP contribution in [-0.2, 0) is 4.79 Å². The molecule has 1 aromatic rings. The van der Waals surface area contributed by atoms with Gasteiger partial charge in [-0.3, -0.25) is 10.1 Å². The molecule has 0 saturated carbocycles. The van der Waals surface area contributed by atoms with Crippen molar-refractivity contribution in [3.63, 3.8) is 0 Å². The van der Waals surface area contributed by atoms with Gasteiger partial charge in [0.25, 0.3) is 0 Å². The first kappa shape index (κ1) is 11.0. The number of ether oxygens (including phenoxy) is 1. The minimum absolute atomic E-state index is 0.407. The number of nitrogens with one attached hydrogen (secondary N) is 2. The quantitative estimate of drug-likeness (QED) is 0.771. The lowest BCUT2D eigenvalue weighted by Gasteiger charge is -2.06. The molecule has 0 heterocycles. The van der Waals surface area contributed by atoms with Crippen LogP contribution in [0.25, 0.3) is 0 Å². The Hall–Kier alpha value is -2.04. The van der Waals surface area contributed by atoms with Crippen LogP contribution in [0.15, 0.2) is 24.3 Å². The summed E-state index contributed by atoms with van der Waals surface area (Å²) in [7, 11) is 1.54. The van der Waals surface area contributed by atoms with Gasteiger partial charge in [0.05, 0.1) is 7.11 Å². The van der Waals surface area contributed by atoms with Gasteiger partial charge >= 0.3 is 6.03 Å². The fraction of sp³-hybridized carbons (Fsp3) is 0.200. The Morgan fingerprint density at radius 1 is 1.33 bits per heavy atom. The maximum absolute atomic E-state index is 11.1. The summed E-state index contributed by atoms with van der Waals surface area (Å²) in [5.74, 6) is 0.228. The fourth-order valence-corrected chi connectivity index (χ4v) is 1.02. The van der Waals surface area contributed by atoms with Crippen molar-refractivity contribution in [1.29, 1.82) is 0 Å². The Morgan fingerprint density at radius 2 is 2.07 bits per heavy atom. The molecule has 0 bridgehead atoms. The average molecular weight is 208 g/mol. The molecule has 5 nitrogen and oxygen atoms in total. The molecule has 5 heteroatoms. The lowest BCUT2D eigenvalue weighted by atomic mass is 10.3. The number of carbonyl (C=O) groups is 2. The van der Waals surface area contributed by atoms with Crippen LogP contribution in [0.5, 0.6) is 5.75 Å². The molecular formula is C10H12N2O3. The molecule has 0 aliphatic heterocycles. The van der Waals surface area contributed by atoms with Gasteiger partial charge in [-0.15, -0.1) is 0 Å². The predicted octanol–water partition coefficient (Wildman–Crippen LogP) is 1.36. The van der Waals surface area contributed by atoms with E-state index in [2.05, 4.69) is 10.6 Å². The first-order chi connectivity index (χ1) is 7.11. The first-order valence-electron chi connectivity index (χ1n) is 4.34. The van der Waals surface area contributed by atoms with Gasteiger partial charge in [-0.2, -0.15) is 0 Å². The smallest absolute Gasteiger partial charge is 0.325 e. The largest absolute Gasteiger partial charge is 0.497 e. The minimum Gasteiger partial charge on any atom is -0.497 e. The zero-order chi connectivity index (χ0) is 11.3. The molecule has 1 rings (SSSR count). The molecule has 0 radical (unpaired) electrons. The van der Waals surface area contributed by atoms with Gasteiger partial charge in [0.1, 0.15) is 5.75 Å². The number of imide groups is 1. The Morgan fingerprint density at radius 3 is 2.67 bits per heavy atom. The molecule has 0 aliphatic carbocycles. The highest BCUT2D eigenvalue weighted by atomic mass is 16.5. The minimum atomic E-state index is -0.559. The topological polar surface area (TPSA) is 67.4 Å². The number of methoxy groups -OCH3 is 1. The fourth-order valence-electron chi connectivity index (χ4n) is 1.02. The molecule has 0 saturated heterocycles. The van der Waals surface area contributed by atoms with Crippen LogP contribution in [0.2, 0.25) is 0 Å². The zero-order valence-corrected chi connectivity index (χ0v) is 8.53. The highest BCUT2D eigenvalue weighted by Gasteiger charge is 2.03. The van der Waals surface area contributed by atoms with E-state index in [1.807, 2.05) is 0 Å². The van der Waals surface area contributed by atoms with Gasteiger partial charge in [-0.1, -0.05) is 6.07 Å². The summed E-state index contributed by atoms with van der Waals surface area (Å²) in [6.45, 7) is 1.27. The summed E-state index contributed by atoms with van der Waals surface area (Å²) in [5, 5.41) is 4.60. The maximum atomic E-state index is 11.1. The molecule has 0 unspecified atom stereocenters. The number of amides is 3. The van der Waals surface area contributed by atoms with Gasteiger partial charge in [0, 0.05) is 18.7 Å². The van der Waals surface area contributed by atoms with Gasteiger partial charge in [0.2, 0.25) is 5.91 Å². The number of hydrogen-bond donors (Lipinski definition) is 2. The molecule has 0 aromatic heterocycles. The Labute approximate surface area is 87.4 Å². The molecule has 1 aromatic carbocycles. The van der Waals surface area contributed by atoms with Crippen molar-refractivity contribution in [2.75, 3.05) is 12.4 Å². The van der Waals surface area contributed by atoms with Crippen molar-refractivity contribution >= 4 is 17.6 Å². The van der Waals surface area contributed by atoms with E-state index in [0.717, 1.165) is 0 Å².